The maximum atomic E-state index is 11.5. The number of carboxylic acids is 1. The highest BCUT2D eigenvalue weighted by Gasteiger charge is 2.29. The van der Waals surface area contributed by atoms with E-state index < -0.39 is 5.97 Å². The number of carbonyl (C=O) groups is 2. The van der Waals surface area contributed by atoms with Gasteiger partial charge in [-0.25, -0.2) is 15.0 Å². The van der Waals surface area contributed by atoms with E-state index in [1.54, 1.807) is 13.4 Å². The third-order valence-corrected chi connectivity index (χ3v) is 10.7. The number of anilines is 2. The van der Waals surface area contributed by atoms with E-state index in [-0.39, 0.29) is 17.9 Å². The van der Waals surface area contributed by atoms with Crippen LogP contribution in [0.2, 0.25) is 5.02 Å². The van der Waals surface area contributed by atoms with Crippen molar-refractivity contribution in [3.63, 3.8) is 0 Å². The van der Waals surface area contributed by atoms with E-state index in [4.69, 9.17) is 31.3 Å². The number of aliphatic carboxylic acids is 1. The van der Waals surface area contributed by atoms with Crippen LogP contribution >= 0.6 is 11.6 Å². The van der Waals surface area contributed by atoms with Crippen LogP contribution in [0, 0.1) is 5.92 Å². The van der Waals surface area contributed by atoms with Crippen molar-refractivity contribution in [2.24, 2.45) is 5.92 Å². The Morgan fingerprint density at radius 2 is 1.88 bits per heavy atom. The molecule has 2 aromatic carbocycles. The standard InChI is InChI=1S/C39H39ClN8O4/c1-52-38-24(18-41-19-26-9-11-34(49)45-26)8-10-31(46-38)30-6-2-5-29(35(30)40)27-4-3-7-33-28(27)13-15-48(33)37-36-32(43-22-44-37)16-23(17-42-36)20-47-14-12-25(21-47)39(50)51/h2-8,10,16-17,22,25-26,41H,9,11-15,18-21H2,1H3,(H,45,49)(H,50,51)/t25-,26+/m1/s1. The molecule has 6 heterocycles. The van der Waals surface area contributed by atoms with Gasteiger partial charge in [0.15, 0.2) is 5.82 Å². The molecule has 3 aliphatic rings. The predicted molar refractivity (Wildman–Crippen MR) is 199 cm³/mol. The zero-order chi connectivity index (χ0) is 35.8. The second-order valence-electron chi connectivity index (χ2n) is 13.6. The molecule has 52 heavy (non-hydrogen) atoms. The number of nitrogens with one attached hydrogen (secondary N) is 2. The summed E-state index contributed by atoms with van der Waals surface area (Å²) >= 11 is 7.21. The van der Waals surface area contributed by atoms with Crippen molar-refractivity contribution >= 4 is 46.0 Å². The Morgan fingerprint density at radius 3 is 2.69 bits per heavy atom. The van der Waals surface area contributed by atoms with Gasteiger partial charge in [0.05, 0.1) is 29.3 Å². The van der Waals surface area contributed by atoms with E-state index >= 15 is 0 Å². The molecule has 0 bridgehead atoms. The van der Waals surface area contributed by atoms with Gasteiger partial charge in [0.2, 0.25) is 11.8 Å². The number of amides is 1. The summed E-state index contributed by atoms with van der Waals surface area (Å²) in [4.78, 5) is 46.2. The minimum Gasteiger partial charge on any atom is -0.481 e. The molecule has 266 valence electrons. The Kier molecular flexibility index (Phi) is 9.43. The molecule has 2 atom stereocenters. The number of benzene rings is 2. The molecule has 12 nitrogen and oxygen atoms in total. The van der Waals surface area contributed by atoms with Crippen LogP contribution in [-0.4, -0.2) is 81.1 Å². The van der Waals surface area contributed by atoms with Gasteiger partial charge in [0.1, 0.15) is 11.8 Å². The van der Waals surface area contributed by atoms with E-state index in [0.29, 0.717) is 55.6 Å². The third kappa shape index (κ3) is 6.65. The highest BCUT2D eigenvalue weighted by atomic mass is 35.5. The number of hydrogen-bond donors (Lipinski definition) is 3. The molecule has 0 unspecified atom stereocenters. The van der Waals surface area contributed by atoms with E-state index in [2.05, 4.69) is 37.6 Å². The van der Waals surface area contributed by atoms with Crippen LogP contribution in [0.3, 0.4) is 0 Å². The van der Waals surface area contributed by atoms with Crippen LogP contribution in [-0.2, 0) is 29.1 Å². The molecule has 0 saturated carbocycles. The van der Waals surface area contributed by atoms with Crippen molar-refractivity contribution in [1.82, 2.24) is 35.5 Å². The Hall–Kier alpha value is -5.17. The number of halogens is 1. The monoisotopic (exact) mass is 718 g/mol. The Labute approximate surface area is 306 Å². The fraction of sp³-hybridized carbons (Fsp3) is 0.333. The summed E-state index contributed by atoms with van der Waals surface area (Å²) in [5.41, 5.74) is 9.13. The van der Waals surface area contributed by atoms with Gasteiger partial charge in [-0.3, -0.25) is 19.5 Å². The van der Waals surface area contributed by atoms with Crippen LogP contribution < -0.4 is 20.3 Å². The highest BCUT2D eigenvalue weighted by Crippen LogP contribution is 2.44. The van der Waals surface area contributed by atoms with Crippen LogP contribution in [0.1, 0.15) is 36.0 Å². The van der Waals surface area contributed by atoms with Gasteiger partial charge < -0.3 is 25.4 Å². The summed E-state index contributed by atoms with van der Waals surface area (Å²) in [6, 6.07) is 18.4. The number of methoxy groups -OCH3 is 1. The van der Waals surface area contributed by atoms with Gasteiger partial charge in [0.25, 0.3) is 0 Å². The largest absolute Gasteiger partial charge is 0.481 e. The summed E-state index contributed by atoms with van der Waals surface area (Å²) in [5.74, 6) is 0.325. The molecule has 2 fully saturated rings. The number of hydrogen-bond acceptors (Lipinski definition) is 10. The van der Waals surface area contributed by atoms with Crippen molar-refractivity contribution in [1.29, 1.82) is 0 Å². The predicted octanol–water partition coefficient (Wildman–Crippen LogP) is 5.38. The van der Waals surface area contributed by atoms with Crippen molar-refractivity contribution < 1.29 is 19.4 Å². The maximum absolute atomic E-state index is 11.5. The van der Waals surface area contributed by atoms with Crippen LogP contribution in [0.15, 0.2) is 67.1 Å². The molecular weight excluding hydrogens is 680 g/mol. The molecule has 3 aliphatic heterocycles. The van der Waals surface area contributed by atoms with Crippen LogP contribution in [0.5, 0.6) is 5.88 Å². The van der Waals surface area contributed by atoms with Crippen molar-refractivity contribution in [3.05, 3.63) is 88.8 Å². The lowest BCUT2D eigenvalue weighted by Crippen LogP contribution is -2.35. The number of fused-ring (bicyclic) bond motifs is 2. The molecule has 0 spiro atoms. The molecule has 0 aliphatic carbocycles. The molecule has 3 N–H and O–H groups in total. The van der Waals surface area contributed by atoms with Gasteiger partial charge >= 0.3 is 5.97 Å². The number of carboxylic acid groups (broad SMARTS) is 1. The van der Waals surface area contributed by atoms with Gasteiger partial charge in [-0.1, -0.05) is 48.0 Å². The van der Waals surface area contributed by atoms with Gasteiger partial charge in [-0.15, -0.1) is 0 Å². The van der Waals surface area contributed by atoms with Crippen LogP contribution in [0.25, 0.3) is 33.4 Å². The quantitative estimate of drug-likeness (QED) is 0.162. The summed E-state index contributed by atoms with van der Waals surface area (Å²) in [6.45, 7) is 3.91. The molecule has 1 amide bonds. The first-order valence-electron chi connectivity index (χ1n) is 17.6. The Balaban J connectivity index is 1.03. The summed E-state index contributed by atoms with van der Waals surface area (Å²) in [6.07, 6.45) is 6.31. The average Bonchev–Trinajstić information content (AvgIpc) is 3.92. The summed E-state index contributed by atoms with van der Waals surface area (Å²) in [5, 5.41) is 16.4. The van der Waals surface area contributed by atoms with E-state index in [1.165, 1.54) is 5.56 Å². The van der Waals surface area contributed by atoms with Gasteiger partial charge in [-0.05, 0) is 60.7 Å². The first-order valence-corrected chi connectivity index (χ1v) is 18.0. The molecular formula is C39H39ClN8O4. The van der Waals surface area contributed by atoms with E-state index in [0.717, 1.165) is 76.3 Å². The zero-order valence-electron chi connectivity index (χ0n) is 28.8. The number of carbonyl (C=O) groups excluding carboxylic acids is 1. The summed E-state index contributed by atoms with van der Waals surface area (Å²) < 4.78 is 5.69. The molecule has 0 radical (unpaired) electrons. The second-order valence-corrected chi connectivity index (χ2v) is 14.0. The molecule has 13 heteroatoms. The third-order valence-electron chi connectivity index (χ3n) is 10.3. The minimum absolute atomic E-state index is 0.104. The number of ether oxygens (including phenoxy) is 1. The molecule has 5 aromatic rings. The fourth-order valence-electron chi connectivity index (χ4n) is 7.68. The lowest BCUT2D eigenvalue weighted by atomic mass is 9.95. The first-order chi connectivity index (χ1) is 25.4. The number of aromatic nitrogens is 4. The van der Waals surface area contributed by atoms with Gasteiger partial charge in [0, 0.05) is 73.8 Å². The normalized spacial score (nSPS) is 18.6. The number of likely N-dealkylation sites (tertiary alicyclic amines) is 1. The van der Waals surface area contributed by atoms with Gasteiger partial charge in [-0.2, -0.15) is 0 Å². The fourth-order valence-corrected chi connectivity index (χ4v) is 8.00. The zero-order valence-corrected chi connectivity index (χ0v) is 29.6. The Morgan fingerprint density at radius 1 is 1.04 bits per heavy atom. The minimum atomic E-state index is -0.735. The number of rotatable bonds is 11. The molecule has 2 saturated heterocycles. The SMILES string of the molecule is COc1nc(-c2cccc(-c3cccc4c3CCN4c3ncnc4cc(CN5CC[C@@H](C(=O)O)C5)cnc34)c2Cl)ccc1CNC[C@@H]1CCC(=O)N1. The topological polar surface area (TPSA) is 146 Å². The lowest BCUT2D eigenvalue weighted by Gasteiger charge is -2.20. The van der Waals surface area contributed by atoms with E-state index in [9.17, 15) is 14.7 Å². The highest BCUT2D eigenvalue weighted by molar-refractivity contribution is 6.36. The van der Waals surface area contributed by atoms with E-state index in [1.807, 2.05) is 48.7 Å². The smallest absolute Gasteiger partial charge is 0.307 e. The van der Waals surface area contributed by atoms with Crippen LogP contribution in [0.4, 0.5) is 11.5 Å². The van der Waals surface area contributed by atoms with Crippen molar-refractivity contribution in [2.75, 3.05) is 38.2 Å². The van der Waals surface area contributed by atoms with Crippen molar-refractivity contribution in [3.8, 4) is 28.3 Å². The number of nitrogens with zero attached hydrogens (tertiary/aromatic N) is 6. The summed E-state index contributed by atoms with van der Waals surface area (Å²) in [7, 11) is 1.62. The average molecular weight is 719 g/mol. The number of pyridine rings is 2. The first kappa shape index (κ1) is 33.9. The second kappa shape index (κ2) is 14.5. The maximum Gasteiger partial charge on any atom is 0.307 e. The van der Waals surface area contributed by atoms with Crippen molar-refractivity contribution in [2.45, 2.75) is 44.8 Å². The lowest BCUT2D eigenvalue weighted by molar-refractivity contribution is -0.141. The molecule has 8 rings (SSSR count). The Bertz CT molecular complexity index is 2180. The molecule has 3 aromatic heterocycles.